The van der Waals surface area contributed by atoms with Crippen LogP contribution in [0.4, 0.5) is 11.6 Å². The molecule has 2 aromatic heterocycles. The smallest absolute Gasteiger partial charge is 0.257 e. The van der Waals surface area contributed by atoms with Gasteiger partial charge in [0.25, 0.3) is 5.56 Å². The van der Waals surface area contributed by atoms with E-state index in [1.54, 1.807) is 13.2 Å². The van der Waals surface area contributed by atoms with E-state index in [9.17, 15) is 4.79 Å². The van der Waals surface area contributed by atoms with Gasteiger partial charge < -0.3 is 15.0 Å². The maximum absolute atomic E-state index is 12.2. The van der Waals surface area contributed by atoms with Crippen LogP contribution in [-0.2, 0) is 0 Å². The minimum atomic E-state index is -0.175. The summed E-state index contributed by atoms with van der Waals surface area (Å²) in [4.78, 5) is 15.0. The van der Waals surface area contributed by atoms with E-state index in [4.69, 9.17) is 4.74 Å². The molecule has 7 heteroatoms. The van der Waals surface area contributed by atoms with Gasteiger partial charge in [-0.15, -0.1) is 0 Å². The number of pyridine rings is 1. The van der Waals surface area contributed by atoms with Crippen molar-refractivity contribution < 1.29 is 4.74 Å². The Morgan fingerprint density at radius 1 is 1.29 bits per heavy atom. The third-order valence-corrected chi connectivity index (χ3v) is 3.71. The molecule has 6 nitrogen and oxygen atoms in total. The SMILES string of the molecule is COc1cc2cc(Nc3cc(C)[nH]n3)[nH]c(=O)c2cc1Br. The summed E-state index contributed by atoms with van der Waals surface area (Å²) in [5.41, 5.74) is 0.761. The lowest BCUT2D eigenvalue weighted by atomic mass is 10.1. The van der Waals surface area contributed by atoms with Crippen molar-refractivity contribution in [1.29, 1.82) is 0 Å². The molecular weight excluding hydrogens is 336 g/mol. The number of nitrogens with one attached hydrogen (secondary N) is 3. The van der Waals surface area contributed by atoms with E-state index in [1.807, 2.05) is 25.1 Å². The summed E-state index contributed by atoms with van der Waals surface area (Å²) in [7, 11) is 1.59. The van der Waals surface area contributed by atoms with Gasteiger partial charge in [-0.3, -0.25) is 9.89 Å². The second kappa shape index (κ2) is 5.25. The molecule has 108 valence electrons. The number of H-pyrrole nitrogens is 2. The highest BCUT2D eigenvalue weighted by Crippen LogP contribution is 2.29. The summed E-state index contributed by atoms with van der Waals surface area (Å²) in [5.74, 6) is 1.89. The summed E-state index contributed by atoms with van der Waals surface area (Å²) in [6, 6.07) is 7.26. The van der Waals surface area contributed by atoms with Gasteiger partial charge in [0, 0.05) is 17.1 Å². The second-order valence-corrected chi connectivity index (χ2v) is 5.50. The lowest BCUT2D eigenvalue weighted by molar-refractivity contribution is 0.413. The van der Waals surface area contributed by atoms with Gasteiger partial charge in [0.15, 0.2) is 5.82 Å². The van der Waals surface area contributed by atoms with Crippen molar-refractivity contribution in [3.8, 4) is 5.75 Å². The Morgan fingerprint density at radius 3 is 2.76 bits per heavy atom. The Morgan fingerprint density at radius 2 is 2.10 bits per heavy atom. The molecule has 0 saturated carbocycles. The fraction of sp³-hybridized carbons (Fsp3) is 0.143. The monoisotopic (exact) mass is 348 g/mol. The van der Waals surface area contributed by atoms with E-state index in [2.05, 4.69) is 36.4 Å². The summed E-state index contributed by atoms with van der Waals surface area (Å²) < 4.78 is 6.00. The molecule has 1 aromatic carbocycles. The standard InChI is InChI=1S/C14H13BrN4O2/c1-7-3-13(19-18-7)16-12-5-8-4-11(21-2)10(15)6-9(8)14(20)17-12/h3-6H,1-2H3,(H3,16,17,18,19,20). The number of fused-ring (bicyclic) bond motifs is 1. The van der Waals surface area contributed by atoms with Crippen LogP contribution in [0.5, 0.6) is 5.75 Å². The van der Waals surface area contributed by atoms with Crippen molar-refractivity contribution in [1.82, 2.24) is 15.2 Å². The third kappa shape index (κ3) is 2.64. The molecule has 0 aliphatic carbocycles. The number of methoxy groups -OCH3 is 1. The molecule has 0 spiro atoms. The zero-order chi connectivity index (χ0) is 15.0. The van der Waals surface area contributed by atoms with E-state index in [0.717, 1.165) is 15.6 Å². The van der Waals surface area contributed by atoms with Crippen LogP contribution in [-0.4, -0.2) is 22.3 Å². The van der Waals surface area contributed by atoms with Gasteiger partial charge in [-0.25, -0.2) is 0 Å². The lowest BCUT2D eigenvalue weighted by Crippen LogP contribution is -2.09. The number of ether oxygens (including phenoxy) is 1. The third-order valence-electron chi connectivity index (χ3n) is 3.09. The molecular formula is C14H13BrN4O2. The number of aromatic nitrogens is 3. The van der Waals surface area contributed by atoms with E-state index < -0.39 is 0 Å². The molecule has 0 saturated heterocycles. The van der Waals surface area contributed by atoms with Crippen LogP contribution < -0.4 is 15.6 Å². The molecule has 0 bridgehead atoms. The van der Waals surface area contributed by atoms with E-state index in [0.29, 0.717) is 22.8 Å². The largest absolute Gasteiger partial charge is 0.496 e. The number of hydrogen-bond acceptors (Lipinski definition) is 4. The number of nitrogens with zero attached hydrogens (tertiary/aromatic N) is 1. The first kappa shape index (κ1) is 13.7. The van der Waals surface area contributed by atoms with E-state index in [1.165, 1.54) is 0 Å². The molecule has 0 unspecified atom stereocenters. The van der Waals surface area contributed by atoms with E-state index in [-0.39, 0.29) is 5.56 Å². The molecule has 3 aromatic rings. The number of anilines is 2. The molecule has 0 atom stereocenters. The van der Waals surface area contributed by atoms with Crippen LogP contribution in [0, 0.1) is 6.92 Å². The predicted octanol–water partition coefficient (Wildman–Crippen LogP) is 3.07. The molecule has 0 amide bonds. The predicted molar refractivity (Wildman–Crippen MR) is 85.4 cm³/mol. The average molecular weight is 349 g/mol. The van der Waals surface area contributed by atoms with Gasteiger partial charge in [0.1, 0.15) is 11.6 Å². The Kier molecular flexibility index (Phi) is 3.42. The maximum atomic E-state index is 12.2. The first-order chi connectivity index (χ1) is 10.1. The molecule has 3 rings (SSSR count). The van der Waals surface area contributed by atoms with Gasteiger partial charge in [-0.1, -0.05) is 0 Å². The summed E-state index contributed by atoms with van der Waals surface area (Å²) in [6.45, 7) is 1.91. The molecule has 2 heterocycles. The molecule has 0 fully saturated rings. The first-order valence-corrected chi connectivity index (χ1v) is 7.06. The summed E-state index contributed by atoms with van der Waals surface area (Å²) in [6.07, 6.45) is 0. The van der Waals surface area contributed by atoms with Gasteiger partial charge in [-0.05, 0) is 46.4 Å². The average Bonchev–Trinajstić information content (AvgIpc) is 2.84. The van der Waals surface area contributed by atoms with Crippen LogP contribution in [0.15, 0.2) is 33.5 Å². The Balaban J connectivity index is 2.09. The van der Waals surface area contributed by atoms with Crippen molar-refractivity contribution in [2.45, 2.75) is 6.92 Å². The molecule has 21 heavy (non-hydrogen) atoms. The van der Waals surface area contributed by atoms with Gasteiger partial charge >= 0.3 is 0 Å². The van der Waals surface area contributed by atoms with Crippen LogP contribution in [0.3, 0.4) is 0 Å². The highest BCUT2D eigenvalue weighted by Gasteiger charge is 2.08. The maximum Gasteiger partial charge on any atom is 0.257 e. The van der Waals surface area contributed by atoms with Gasteiger partial charge in [0.05, 0.1) is 11.6 Å². The van der Waals surface area contributed by atoms with Crippen molar-refractivity contribution >= 4 is 38.3 Å². The summed E-state index contributed by atoms with van der Waals surface area (Å²) in [5, 5.41) is 11.3. The quantitative estimate of drug-likeness (QED) is 0.679. The highest BCUT2D eigenvalue weighted by molar-refractivity contribution is 9.10. The minimum absolute atomic E-state index is 0.175. The Labute approximate surface area is 128 Å². The van der Waals surface area contributed by atoms with Crippen LogP contribution >= 0.6 is 15.9 Å². The molecule has 0 radical (unpaired) electrons. The van der Waals surface area contributed by atoms with Crippen LogP contribution in [0.1, 0.15) is 5.69 Å². The van der Waals surface area contributed by atoms with Crippen LogP contribution in [0.2, 0.25) is 0 Å². The van der Waals surface area contributed by atoms with Crippen molar-refractivity contribution in [2.75, 3.05) is 12.4 Å². The number of halogens is 1. The molecule has 0 aliphatic heterocycles. The van der Waals surface area contributed by atoms with Crippen molar-refractivity contribution in [3.05, 3.63) is 44.8 Å². The highest BCUT2D eigenvalue weighted by atomic mass is 79.9. The minimum Gasteiger partial charge on any atom is -0.496 e. The van der Waals surface area contributed by atoms with Gasteiger partial charge in [0.2, 0.25) is 0 Å². The first-order valence-electron chi connectivity index (χ1n) is 6.26. The Hall–Kier alpha value is -2.28. The topological polar surface area (TPSA) is 82.8 Å². The number of aryl methyl sites for hydroxylation is 1. The van der Waals surface area contributed by atoms with Crippen molar-refractivity contribution in [3.63, 3.8) is 0 Å². The molecule has 3 N–H and O–H groups in total. The fourth-order valence-corrected chi connectivity index (χ4v) is 2.62. The van der Waals surface area contributed by atoms with Gasteiger partial charge in [-0.2, -0.15) is 5.10 Å². The lowest BCUT2D eigenvalue weighted by Gasteiger charge is -2.08. The normalized spacial score (nSPS) is 10.8. The zero-order valence-electron chi connectivity index (χ0n) is 11.5. The number of aromatic amines is 2. The van der Waals surface area contributed by atoms with Crippen LogP contribution in [0.25, 0.3) is 10.8 Å². The Bertz CT molecular complexity index is 869. The molecule has 0 aliphatic rings. The summed E-state index contributed by atoms with van der Waals surface area (Å²) >= 11 is 3.38. The van der Waals surface area contributed by atoms with Crippen molar-refractivity contribution in [2.24, 2.45) is 0 Å². The number of rotatable bonds is 3. The number of benzene rings is 1. The second-order valence-electron chi connectivity index (χ2n) is 4.65. The number of hydrogen-bond donors (Lipinski definition) is 3. The van der Waals surface area contributed by atoms with E-state index >= 15 is 0 Å². The zero-order valence-corrected chi connectivity index (χ0v) is 13.0. The fourth-order valence-electron chi connectivity index (χ4n) is 2.11.